The molecule has 6 aromatic carbocycles. The highest BCUT2D eigenvalue weighted by Crippen LogP contribution is 2.45. The molecule has 0 radical (unpaired) electrons. The van der Waals surface area contributed by atoms with Crippen molar-refractivity contribution in [3.63, 3.8) is 0 Å². The lowest BCUT2D eigenvalue weighted by Gasteiger charge is -2.23. The van der Waals surface area contributed by atoms with Gasteiger partial charge in [-0.25, -0.2) is 15.0 Å². The van der Waals surface area contributed by atoms with Crippen molar-refractivity contribution >= 4 is 55.2 Å². The average Bonchev–Trinajstić information content (AvgIpc) is 3.79. The van der Waals surface area contributed by atoms with Gasteiger partial charge >= 0.3 is 0 Å². The van der Waals surface area contributed by atoms with Gasteiger partial charge in [0.15, 0.2) is 5.82 Å². The first-order valence-electron chi connectivity index (χ1n) is 19.5. The lowest BCUT2D eigenvalue weighted by molar-refractivity contribution is 0.503. The van der Waals surface area contributed by atoms with E-state index in [2.05, 4.69) is 158 Å². The second-order valence-electron chi connectivity index (χ2n) is 15.2. The highest BCUT2D eigenvalue weighted by Gasteiger charge is 2.31. The maximum atomic E-state index is 6.94. The molecule has 3 heterocycles. The van der Waals surface area contributed by atoms with E-state index in [0.29, 0.717) is 5.82 Å². The molecule has 11 rings (SSSR count). The Balaban J connectivity index is 1.07. The smallest absolute Gasteiger partial charge is 0.163 e. The molecular formula is C51H38N4O. The molecule has 2 aliphatic rings. The van der Waals surface area contributed by atoms with E-state index >= 15 is 0 Å². The number of hydrogen-bond donors (Lipinski definition) is 0. The first kappa shape index (κ1) is 32.6. The Morgan fingerprint density at radius 2 is 1.43 bits per heavy atom. The van der Waals surface area contributed by atoms with Crippen LogP contribution in [0, 0.1) is 6.92 Å². The molecule has 0 N–H and O–H groups in total. The van der Waals surface area contributed by atoms with Crippen molar-refractivity contribution < 1.29 is 4.42 Å². The highest BCUT2D eigenvalue weighted by molar-refractivity contribution is 6.14. The predicted molar refractivity (Wildman–Crippen MR) is 229 cm³/mol. The second-order valence-corrected chi connectivity index (χ2v) is 15.2. The number of benzene rings is 6. The van der Waals surface area contributed by atoms with E-state index in [1.54, 1.807) is 0 Å². The Hall–Kier alpha value is -6.85. The summed E-state index contributed by atoms with van der Waals surface area (Å²) in [7, 11) is 0. The topological polar surface area (TPSA) is 56.7 Å². The number of furan rings is 1. The van der Waals surface area contributed by atoms with Crippen LogP contribution in [-0.2, 0) is 0 Å². The minimum Gasteiger partial charge on any atom is -0.460 e. The molecule has 2 atom stereocenters. The zero-order valence-electron chi connectivity index (χ0n) is 31.3. The van der Waals surface area contributed by atoms with E-state index in [4.69, 9.17) is 19.4 Å². The average molecular weight is 723 g/mol. The van der Waals surface area contributed by atoms with Crippen LogP contribution >= 0.6 is 0 Å². The van der Waals surface area contributed by atoms with Crippen LogP contribution in [0.5, 0.6) is 0 Å². The van der Waals surface area contributed by atoms with Crippen molar-refractivity contribution in [2.45, 2.75) is 38.5 Å². The molecule has 0 bridgehead atoms. The Bertz CT molecular complexity index is 3120. The monoisotopic (exact) mass is 722 g/mol. The van der Waals surface area contributed by atoms with E-state index in [1.165, 1.54) is 54.9 Å². The molecule has 5 nitrogen and oxygen atoms in total. The molecule has 0 fully saturated rings. The Morgan fingerprint density at radius 3 is 2.30 bits per heavy atom. The number of aromatic nitrogens is 4. The van der Waals surface area contributed by atoms with Gasteiger partial charge < -0.3 is 8.98 Å². The number of allylic oxidation sites excluding steroid dienone is 5. The van der Waals surface area contributed by atoms with Crippen LogP contribution in [-0.4, -0.2) is 19.5 Å². The van der Waals surface area contributed by atoms with Crippen LogP contribution in [0.3, 0.4) is 0 Å². The van der Waals surface area contributed by atoms with Crippen molar-refractivity contribution in [1.29, 1.82) is 0 Å². The van der Waals surface area contributed by atoms with Crippen LogP contribution < -0.4 is 0 Å². The maximum Gasteiger partial charge on any atom is 0.163 e. The zero-order chi connectivity index (χ0) is 37.3. The fourth-order valence-corrected chi connectivity index (χ4v) is 9.02. The van der Waals surface area contributed by atoms with Gasteiger partial charge in [-0.05, 0) is 90.1 Å². The lowest BCUT2D eigenvalue weighted by atomic mass is 9.84. The van der Waals surface area contributed by atoms with E-state index in [9.17, 15) is 0 Å². The number of fused-ring (bicyclic) bond motifs is 7. The first-order valence-corrected chi connectivity index (χ1v) is 19.5. The summed E-state index contributed by atoms with van der Waals surface area (Å²) >= 11 is 0. The second kappa shape index (κ2) is 12.9. The first-order chi connectivity index (χ1) is 27.6. The minimum atomic E-state index is -0.178. The predicted octanol–water partition coefficient (Wildman–Crippen LogP) is 12.9. The molecular weight excluding hydrogens is 685 g/mol. The number of para-hydroxylation sites is 1. The third-order valence-corrected chi connectivity index (χ3v) is 11.8. The quantitative estimate of drug-likeness (QED) is 0.177. The van der Waals surface area contributed by atoms with Gasteiger partial charge in [-0.1, -0.05) is 127 Å². The van der Waals surface area contributed by atoms with E-state index in [0.717, 1.165) is 58.0 Å². The molecule has 0 amide bonds. The van der Waals surface area contributed by atoms with Gasteiger partial charge in [0, 0.05) is 27.8 Å². The van der Waals surface area contributed by atoms with Crippen LogP contribution in [0.2, 0.25) is 0 Å². The van der Waals surface area contributed by atoms with Crippen LogP contribution in [0.1, 0.15) is 65.7 Å². The molecule has 3 aromatic heterocycles. The summed E-state index contributed by atoms with van der Waals surface area (Å²) in [5, 5.41) is 6.01. The third kappa shape index (κ3) is 5.19. The molecule has 0 aliphatic heterocycles. The summed E-state index contributed by atoms with van der Waals surface area (Å²) in [5.74, 6) is 2.93. The van der Waals surface area contributed by atoms with Gasteiger partial charge in [-0.3, -0.25) is 0 Å². The largest absolute Gasteiger partial charge is 0.460 e. The summed E-state index contributed by atoms with van der Waals surface area (Å²) in [6, 6.07) is 47.3. The van der Waals surface area contributed by atoms with E-state index < -0.39 is 0 Å². The number of hydrogen-bond acceptors (Lipinski definition) is 4. The van der Waals surface area contributed by atoms with Gasteiger partial charge in [0.05, 0.1) is 28.0 Å². The molecule has 2 unspecified atom stereocenters. The molecule has 268 valence electrons. The molecule has 9 aromatic rings. The van der Waals surface area contributed by atoms with Gasteiger partial charge in [0.25, 0.3) is 0 Å². The van der Waals surface area contributed by atoms with Gasteiger partial charge in [0.2, 0.25) is 0 Å². The van der Waals surface area contributed by atoms with Crippen LogP contribution in [0.25, 0.3) is 72.3 Å². The van der Waals surface area contributed by atoms with Crippen molar-refractivity contribution in [3.05, 3.63) is 191 Å². The zero-order valence-corrected chi connectivity index (χ0v) is 31.3. The van der Waals surface area contributed by atoms with Gasteiger partial charge in [-0.2, -0.15) is 0 Å². The van der Waals surface area contributed by atoms with E-state index in [-0.39, 0.29) is 11.8 Å². The fraction of sp³-hybridized carbons (Fsp3) is 0.118. The number of rotatable bonds is 5. The van der Waals surface area contributed by atoms with Crippen molar-refractivity contribution in [1.82, 2.24) is 19.5 Å². The molecule has 0 saturated heterocycles. The van der Waals surface area contributed by atoms with Crippen molar-refractivity contribution in [2.75, 3.05) is 0 Å². The summed E-state index contributed by atoms with van der Waals surface area (Å²) in [5.41, 5.74) is 11.5. The molecule has 0 spiro atoms. The SMILES string of the molecule is CC1=C(c2ccccc2C)CC(c2nc(-c3ccccc3)nc(C3CC=Cc4c3oc3cccc(-n5c6ccccc6c6cc7ccccc7cc65)c43)n2)C=C1. The molecule has 5 heteroatoms. The maximum absolute atomic E-state index is 6.94. The fourth-order valence-electron chi connectivity index (χ4n) is 9.02. The van der Waals surface area contributed by atoms with Gasteiger partial charge in [-0.15, -0.1) is 0 Å². The highest BCUT2D eigenvalue weighted by atomic mass is 16.3. The summed E-state index contributed by atoms with van der Waals surface area (Å²) in [4.78, 5) is 15.7. The van der Waals surface area contributed by atoms with Crippen molar-refractivity contribution in [2.24, 2.45) is 0 Å². The number of aryl methyl sites for hydroxylation is 1. The summed E-state index contributed by atoms with van der Waals surface area (Å²) < 4.78 is 9.35. The standard InChI is InChI=1S/C51H38N4O/c1-31-14-6-9-19-37(31)41-29-36(27-26-32(41)2)50-52-49(33-15-4-3-5-16-33)53-51(54-50)40-22-12-21-39-47-44(24-13-25-46(47)56-48(39)40)55-43-23-11-10-20-38(43)42-28-34-17-7-8-18-35(34)30-45(42)55/h3-21,23-28,30,36,40H,22,29H2,1-2H3. The molecule has 56 heavy (non-hydrogen) atoms. The lowest BCUT2D eigenvalue weighted by Crippen LogP contribution is -2.15. The van der Waals surface area contributed by atoms with Crippen LogP contribution in [0.4, 0.5) is 0 Å². The Kier molecular flexibility index (Phi) is 7.49. The molecule has 0 saturated carbocycles. The third-order valence-electron chi connectivity index (χ3n) is 11.8. The Labute approximate surface area is 325 Å². The Morgan fingerprint density at radius 1 is 0.661 bits per heavy atom. The summed E-state index contributed by atoms with van der Waals surface area (Å²) in [6.07, 6.45) is 10.5. The minimum absolute atomic E-state index is 0.00443. The normalized spacial score (nSPS) is 16.8. The number of nitrogens with zero attached hydrogens (tertiary/aromatic N) is 4. The van der Waals surface area contributed by atoms with Crippen LogP contribution in [0.15, 0.2) is 162 Å². The van der Waals surface area contributed by atoms with E-state index in [1.807, 2.05) is 18.2 Å². The van der Waals surface area contributed by atoms with Gasteiger partial charge in [0.1, 0.15) is 23.0 Å². The molecule has 2 aliphatic carbocycles. The summed E-state index contributed by atoms with van der Waals surface area (Å²) in [6.45, 7) is 4.39. The van der Waals surface area contributed by atoms with Crippen molar-refractivity contribution in [3.8, 4) is 17.1 Å².